The molecule has 0 unspecified atom stereocenters. The first kappa shape index (κ1) is 15.3. The molecule has 0 radical (unpaired) electrons. The minimum absolute atomic E-state index is 0.0556. The van der Waals surface area contributed by atoms with Crippen LogP contribution in [0, 0.1) is 0 Å². The van der Waals surface area contributed by atoms with E-state index in [1.54, 1.807) is 36.4 Å². The van der Waals surface area contributed by atoms with Gasteiger partial charge in [-0.1, -0.05) is 42.0 Å². The van der Waals surface area contributed by atoms with Crippen molar-refractivity contribution >= 4 is 40.4 Å². The predicted octanol–water partition coefficient (Wildman–Crippen LogP) is 2.86. The summed E-state index contributed by atoms with van der Waals surface area (Å²) in [6.07, 6.45) is 0.0556. The molecule has 4 N–H and O–H groups in total. The second-order valence-electron chi connectivity index (χ2n) is 4.41. The number of hydrogen-bond acceptors (Lipinski definition) is 3. The van der Waals surface area contributed by atoms with Gasteiger partial charge in [-0.25, -0.2) is 0 Å². The quantitative estimate of drug-likeness (QED) is 0.757. The molecule has 0 saturated heterocycles. The number of anilines is 1. The van der Waals surface area contributed by atoms with Gasteiger partial charge in [0.1, 0.15) is 10.7 Å². The molecule has 6 heteroatoms. The normalized spacial score (nSPS) is 10.1. The van der Waals surface area contributed by atoms with Gasteiger partial charge in [-0.2, -0.15) is 0 Å². The lowest BCUT2D eigenvalue weighted by Crippen LogP contribution is -2.15. The summed E-state index contributed by atoms with van der Waals surface area (Å²) in [5.41, 5.74) is 7.16. The molecule has 108 valence electrons. The fourth-order valence-electron chi connectivity index (χ4n) is 1.80. The maximum Gasteiger partial charge on any atom is 0.228 e. The second-order valence-corrected chi connectivity index (χ2v) is 5.26. The van der Waals surface area contributed by atoms with E-state index in [4.69, 9.17) is 29.6 Å². The molecule has 0 fully saturated rings. The molecule has 0 aromatic heterocycles. The summed E-state index contributed by atoms with van der Waals surface area (Å²) >= 11 is 10.9. The number of phenols is 1. The number of nitrogens with two attached hydrogens (primary N) is 1. The van der Waals surface area contributed by atoms with Crippen molar-refractivity contribution in [3.63, 3.8) is 0 Å². The van der Waals surface area contributed by atoms with E-state index >= 15 is 0 Å². The summed E-state index contributed by atoms with van der Waals surface area (Å²) in [6.45, 7) is 0. The summed E-state index contributed by atoms with van der Waals surface area (Å²) in [7, 11) is 0. The summed E-state index contributed by atoms with van der Waals surface area (Å²) in [4.78, 5) is 12.2. The van der Waals surface area contributed by atoms with Crippen LogP contribution >= 0.6 is 23.8 Å². The number of carbonyl (C=O) groups excluding carboxylic acids is 1. The van der Waals surface area contributed by atoms with Crippen molar-refractivity contribution in [2.24, 2.45) is 5.73 Å². The Labute approximate surface area is 132 Å². The van der Waals surface area contributed by atoms with Crippen LogP contribution in [-0.2, 0) is 11.2 Å². The van der Waals surface area contributed by atoms with Crippen LogP contribution in [0.5, 0.6) is 5.75 Å². The van der Waals surface area contributed by atoms with Gasteiger partial charge < -0.3 is 16.2 Å². The Hall–Kier alpha value is -2.11. The fourth-order valence-corrected chi connectivity index (χ4v) is 2.15. The molecule has 0 aliphatic heterocycles. The Bertz CT molecular complexity index is 704. The molecule has 0 bridgehead atoms. The highest BCUT2D eigenvalue weighted by Crippen LogP contribution is 2.24. The first-order valence-corrected chi connectivity index (χ1v) is 6.92. The minimum atomic E-state index is -0.276. The summed E-state index contributed by atoms with van der Waals surface area (Å²) in [5.74, 6) is -0.191. The third-order valence-corrected chi connectivity index (χ3v) is 3.42. The number of phenolic OH excluding ortho intramolecular Hbond substituents is 1. The van der Waals surface area contributed by atoms with E-state index in [1.807, 2.05) is 0 Å². The highest BCUT2D eigenvalue weighted by Gasteiger charge is 2.10. The van der Waals surface area contributed by atoms with Gasteiger partial charge in [0.25, 0.3) is 0 Å². The number of benzene rings is 2. The number of amides is 1. The summed E-state index contributed by atoms with van der Waals surface area (Å²) in [5, 5.41) is 12.7. The maximum atomic E-state index is 12.0. The molecule has 4 nitrogen and oxygen atoms in total. The molecular formula is C15H13ClN2O2S. The minimum Gasteiger partial charge on any atom is -0.508 e. The van der Waals surface area contributed by atoms with E-state index in [0.717, 1.165) is 0 Å². The molecule has 2 aromatic rings. The summed E-state index contributed by atoms with van der Waals surface area (Å²) < 4.78 is 0. The van der Waals surface area contributed by atoms with Crippen molar-refractivity contribution in [2.45, 2.75) is 6.42 Å². The zero-order valence-corrected chi connectivity index (χ0v) is 12.5. The van der Waals surface area contributed by atoms with Crippen LogP contribution in [0.4, 0.5) is 5.69 Å². The van der Waals surface area contributed by atoms with E-state index in [9.17, 15) is 9.90 Å². The van der Waals surface area contributed by atoms with Gasteiger partial charge in [0.2, 0.25) is 5.91 Å². The van der Waals surface area contributed by atoms with Crippen LogP contribution in [0.1, 0.15) is 11.1 Å². The van der Waals surface area contributed by atoms with Crippen molar-refractivity contribution in [2.75, 3.05) is 5.32 Å². The maximum absolute atomic E-state index is 12.0. The van der Waals surface area contributed by atoms with Gasteiger partial charge in [-0.15, -0.1) is 0 Å². The molecule has 21 heavy (non-hydrogen) atoms. The van der Waals surface area contributed by atoms with E-state index in [-0.39, 0.29) is 23.1 Å². The van der Waals surface area contributed by atoms with Crippen LogP contribution in [0.2, 0.25) is 5.02 Å². The van der Waals surface area contributed by atoms with Crippen molar-refractivity contribution in [1.82, 2.24) is 0 Å². The molecular weight excluding hydrogens is 308 g/mol. The molecule has 0 aliphatic rings. The zero-order valence-electron chi connectivity index (χ0n) is 11.0. The third-order valence-electron chi connectivity index (χ3n) is 2.87. The van der Waals surface area contributed by atoms with Gasteiger partial charge >= 0.3 is 0 Å². The first-order chi connectivity index (χ1) is 9.97. The fraction of sp³-hybridized carbons (Fsp3) is 0.0667. The highest BCUT2D eigenvalue weighted by atomic mass is 35.5. The third kappa shape index (κ3) is 3.93. The number of aromatic hydroxyl groups is 1. The number of nitrogens with one attached hydrogen (secondary N) is 1. The van der Waals surface area contributed by atoms with E-state index in [1.165, 1.54) is 6.07 Å². The molecule has 0 aliphatic carbocycles. The molecule has 0 atom stereocenters. The summed E-state index contributed by atoms with van der Waals surface area (Å²) in [6, 6.07) is 11.6. The smallest absolute Gasteiger partial charge is 0.228 e. The van der Waals surface area contributed by atoms with Crippen LogP contribution in [-0.4, -0.2) is 16.0 Å². The van der Waals surface area contributed by atoms with Gasteiger partial charge in [0.15, 0.2) is 0 Å². The lowest BCUT2D eigenvalue weighted by molar-refractivity contribution is -0.115. The Kier molecular flexibility index (Phi) is 4.77. The number of halogens is 1. The Morgan fingerprint density at radius 1 is 1.29 bits per heavy atom. The number of rotatable bonds is 4. The topological polar surface area (TPSA) is 75.3 Å². The Morgan fingerprint density at radius 2 is 2.00 bits per heavy atom. The van der Waals surface area contributed by atoms with Crippen LogP contribution in [0.3, 0.4) is 0 Å². The van der Waals surface area contributed by atoms with Crippen LogP contribution in [0.15, 0.2) is 42.5 Å². The van der Waals surface area contributed by atoms with E-state index in [2.05, 4.69) is 5.32 Å². The average molecular weight is 321 g/mol. The van der Waals surface area contributed by atoms with Crippen molar-refractivity contribution < 1.29 is 9.90 Å². The van der Waals surface area contributed by atoms with Crippen molar-refractivity contribution in [3.05, 3.63) is 58.6 Å². The average Bonchev–Trinajstić information content (AvgIpc) is 2.43. The van der Waals surface area contributed by atoms with Gasteiger partial charge in [-0.05, 0) is 24.3 Å². The van der Waals surface area contributed by atoms with Gasteiger partial charge in [0, 0.05) is 11.1 Å². The lowest BCUT2D eigenvalue weighted by Gasteiger charge is -2.09. The number of hydrogen-bond donors (Lipinski definition) is 3. The zero-order chi connectivity index (χ0) is 15.4. The van der Waals surface area contributed by atoms with Crippen LogP contribution < -0.4 is 11.1 Å². The van der Waals surface area contributed by atoms with Crippen molar-refractivity contribution in [1.29, 1.82) is 0 Å². The molecule has 0 heterocycles. The highest BCUT2D eigenvalue weighted by molar-refractivity contribution is 7.80. The van der Waals surface area contributed by atoms with Gasteiger partial charge in [-0.3, -0.25) is 4.79 Å². The number of thiocarbonyl (C=S) groups is 1. The molecule has 0 spiro atoms. The number of carbonyl (C=O) groups is 1. The Balaban J connectivity index is 2.10. The largest absolute Gasteiger partial charge is 0.508 e. The van der Waals surface area contributed by atoms with Crippen molar-refractivity contribution in [3.8, 4) is 5.75 Å². The first-order valence-electron chi connectivity index (χ1n) is 6.13. The van der Waals surface area contributed by atoms with Crippen LogP contribution in [0.25, 0.3) is 0 Å². The monoisotopic (exact) mass is 320 g/mol. The molecule has 2 rings (SSSR count). The SMILES string of the molecule is NC(=S)c1ccc(NC(=O)Cc2ccccc2O)c(Cl)c1. The second kappa shape index (κ2) is 6.56. The molecule has 2 aromatic carbocycles. The predicted molar refractivity (Wildman–Crippen MR) is 87.8 cm³/mol. The number of para-hydroxylation sites is 1. The van der Waals surface area contributed by atoms with E-state index in [0.29, 0.717) is 21.8 Å². The Morgan fingerprint density at radius 3 is 2.62 bits per heavy atom. The van der Waals surface area contributed by atoms with Gasteiger partial charge in [0.05, 0.1) is 17.1 Å². The van der Waals surface area contributed by atoms with E-state index < -0.39 is 0 Å². The standard InChI is InChI=1S/C15H13ClN2O2S/c16-11-7-10(15(17)21)5-6-12(11)18-14(20)8-9-3-1-2-4-13(9)19/h1-7,19H,8H2,(H2,17,21)(H,18,20). The lowest BCUT2D eigenvalue weighted by atomic mass is 10.1. The molecule has 0 saturated carbocycles. The molecule has 1 amide bonds.